The number of hydrogen-bond donors (Lipinski definition) is 1. The molecule has 0 radical (unpaired) electrons. The van der Waals surface area contributed by atoms with Crippen LogP contribution in [0.1, 0.15) is 65.2 Å². The van der Waals surface area contributed by atoms with Gasteiger partial charge in [-0.1, -0.05) is 58.8 Å². The molecule has 0 heterocycles. The Morgan fingerprint density at radius 3 is 2.24 bits per heavy atom. The molecule has 1 atom stereocenters. The van der Waals surface area contributed by atoms with Gasteiger partial charge in [0.15, 0.2) is 0 Å². The Balaban J connectivity index is 3.32. The zero-order valence-electron chi connectivity index (χ0n) is 11.0. The molecule has 0 aromatic rings. The van der Waals surface area contributed by atoms with E-state index in [0.717, 1.165) is 6.42 Å². The van der Waals surface area contributed by atoms with Gasteiger partial charge in [-0.25, -0.2) is 4.18 Å². The number of hydrogen-bond acceptors (Lipinski definition) is 3. The summed E-state index contributed by atoms with van der Waals surface area (Å²) >= 11 is 0. The quantitative estimate of drug-likeness (QED) is 0.458. The van der Waals surface area contributed by atoms with Gasteiger partial charge in [0.25, 0.3) is 0 Å². The van der Waals surface area contributed by atoms with Crippen molar-refractivity contribution in [2.24, 2.45) is 5.92 Å². The summed E-state index contributed by atoms with van der Waals surface area (Å²) in [7, 11) is -4.26. The zero-order chi connectivity index (χ0) is 13.1. The average Bonchev–Trinajstić information content (AvgIpc) is 2.21. The van der Waals surface area contributed by atoms with Gasteiger partial charge < -0.3 is 0 Å². The van der Waals surface area contributed by atoms with Crippen molar-refractivity contribution in [3.05, 3.63) is 0 Å². The van der Waals surface area contributed by atoms with Crippen LogP contribution in [-0.2, 0) is 14.6 Å². The Hall–Kier alpha value is -0.130. The van der Waals surface area contributed by atoms with E-state index in [2.05, 4.69) is 18.0 Å². The van der Waals surface area contributed by atoms with Crippen LogP contribution in [0.4, 0.5) is 0 Å². The highest BCUT2D eigenvalue weighted by molar-refractivity contribution is 7.80. The first-order chi connectivity index (χ1) is 7.95. The van der Waals surface area contributed by atoms with Gasteiger partial charge in [-0.15, -0.1) is 0 Å². The van der Waals surface area contributed by atoms with Gasteiger partial charge in [0, 0.05) is 0 Å². The standard InChI is InChI=1S/C12H26O4S/c1-3-4-5-6-7-8-9-12(2)10-11-16-17(13,14)15/h12H,3-11H2,1-2H3,(H,13,14,15). The number of rotatable bonds is 11. The molecule has 0 fully saturated rings. The van der Waals surface area contributed by atoms with Crippen LogP contribution < -0.4 is 0 Å². The average molecular weight is 266 g/mol. The van der Waals surface area contributed by atoms with Crippen molar-refractivity contribution in [2.45, 2.75) is 65.2 Å². The minimum absolute atomic E-state index is 0.0792. The molecule has 104 valence electrons. The molecule has 0 aliphatic carbocycles. The van der Waals surface area contributed by atoms with Gasteiger partial charge in [-0.3, -0.25) is 4.55 Å². The second kappa shape index (κ2) is 9.85. The van der Waals surface area contributed by atoms with Gasteiger partial charge in [0.2, 0.25) is 0 Å². The van der Waals surface area contributed by atoms with Crippen molar-refractivity contribution in [3.8, 4) is 0 Å². The summed E-state index contributed by atoms with van der Waals surface area (Å²) in [5.74, 6) is 0.447. The highest BCUT2D eigenvalue weighted by Gasteiger charge is 2.07. The maximum atomic E-state index is 10.3. The first kappa shape index (κ1) is 16.9. The number of unbranched alkanes of at least 4 members (excludes halogenated alkanes) is 5. The predicted octanol–water partition coefficient (Wildman–Crippen LogP) is 3.58. The topological polar surface area (TPSA) is 63.6 Å². The molecule has 0 aliphatic heterocycles. The van der Waals surface area contributed by atoms with Gasteiger partial charge in [-0.2, -0.15) is 8.42 Å². The van der Waals surface area contributed by atoms with Gasteiger partial charge in [0.1, 0.15) is 0 Å². The fourth-order valence-corrected chi connectivity index (χ4v) is 2.08. The zero-order valence-corrected chi connectivity index (χ0v) is 11.8. The first-order valence-corrected chi connectivity index (χ1v) is 7.94. The fraction of sp³-hybridized carbons (Fsp3) is 1.00. The van der Waals surface area contributed by atoms with Crippen molar-refractivity contribution in [3.63, 3.8) is 0 Å². The second-order valence-corrected chi connectivity index (χ2v) is 5.79. The molecule has 0 spiro atoms. The summed E-state index contributed by atoms with van der Waals surface area (Å²) in [6.07, 6.45) is 9.41. The van der Waals surface area contributed by atoms with Crippen LogP contribution in [0.25, 0.3) is 0 Å². The third-order valence-electron chi connectivity index (χ3n) is 2.89. The van der Waals surface area contributed by atoms with Crippen LogP contribution in [0.5, 0.6) is 0 Å². The Kier molecular flexibility index (Phi) is 9.78. The molecule has 1 N–H and O–H groups in total. The molecule has 0 aromatic heterocycles. The maximum absolute atomic E-state index is 10.3. The van der Waals surface area contributed by atoms with E-state index in [1.165, 1.54) is 38.5 Å². The van der Waals surface area contributed by atoms with Crippen molar-refractivity contribution in [1.82, 2.24) is 0 Å². The molecule has 0 aromatic carbocycles. The van der Waals surface area contributed by atoms with E-state index in [4.69, 9.17) is 4.55 Å². The highest BCUT2D eigenvalue weighted by Crippen LogP contribution is 2.14. The molecular formula is C12H26O4S. The lowest BCUT2D eigenvalue weighted by Gasteiger charge is -2.10. The lowest BCUT2D eigenvalue weighted by molar-refractivity contribution is 0.245. The molecule has 5 heteroatoms. The van der Waals surface area contributed by atoms with Crippen molar-refractivity contribution < 1.29 is 17.2 Å². The predicted molar refractivity (Wildman–Crippen MR) is 69.3 cm³/mol. The highest BCUT2D eigenvalue weighted by atomic mass is 32.3. The third kappa shape index (κ3) is 13.8. The summed E-state index contributed by atoms with van der Waals surface area (Å²) < 4.78 is 33.3. The van der Waals surface area contributed by atoms with E-state index in [0.29, 0.717) is 12.3 Å². The second-order valence-electron chi connectivity index (χ2n) is 4.70. The molecule has 0 rings (SSSR count). The van der Waals surface area contributed by atoms with Gasteiger partial charge in [-0.05, 0) is 12.3 Å². The fourth-order valence-electron chi connectivity index (χ4n) is 1.77. The van der Waals surface area contributed by atoms with Crippen LogP contribution >= 0.6 is 0 Å². The van der Waals surface area contributed by atoms with E-state index >= 15 is 0 Å². The van der Waals surface area contributed by atoms with Gasteiger partial charge in [0.05, 0.1) is 6.61 Å². The lowest BCUT2D eigenvalue weighted by Crippen LogP contribution is -2.08. The largest absolute Gasteiger partial charge is 0.397 e. The SMILES string of the molecule is CCCCCCCCC(C)CCOS(=O)(=O)O. The van der Waals surface area contributed by atoms with E-state index < -0.39 is 10.4 Å². The first-order valence-electron chi connectivity index (χ1n) is 6.57. The summed E-state index contributed by atoms with van der Waals surface area (Å²) in [6.45, 7) is 4.37. The van der Waals surface area contributed by atoms with E-state index in [1.54, 1.807) is 0 Å². The monoisotopic (exact) mass is 266 g/mol. The Morgan fingerprint density at radius 2 is 1.65 bits per heavy atom. The molecule has 0 bridgehead atoms. The Bertz CT molecular complexity index is 262. The summed E-state index contributed by atoms with van der Waals surface area (Å²) in [5.41, 5.74) is 0. The summed E-state index contributed by atoms with van der Waals surface area (Å²) in [6, 6.07) is 0. The minimum Gasteiger partial charge on any atom is -0.264 e. The molecule has 1 unspecified atom stereocenters. The van der Waals surface area contributed by atoms with Gasteiger partial charge >= 0.3 is 10.4 Å². The Labute approximate surface area is 106 Å². The molecule has 0 saturated heterocycles. The Morgan fingerprint density at radius 1 is 1.06 bits per heavy atom. The van der Waals surface area contributed by atoms with Crippen molar-refractivity contribution >= 4 is 10.4 Å². The van der Waals surface area contributed by atoms with Crippen LogP contribution in [0.3, 0.4) is 0 Å². The smallest absolute Gasteiger partial charge is 0.264 e. The summed E-state index contributed by atoms with van der Waals surface area (Å²) in [4.78, 5) is 0. The van der Waals surface area contributed by atoms with Crippen LogP contribution in [0, 0.1) is 5.92 Å². The maximum Gasteiger partial charge on any atom is 0.397 e. The van der Waals surface area contributed by atoms with E-state index in [1.807, 2.05) is 0 Å². The molecule has 0 aliphatic rings. The normalized spacial score (nSPS) is 13.8. The van der Waals surface area contributed by atoms with Crippen LogP contribution in [-0.4, -0.2) is 19.6 Å². The van der Waals surface area contributed by atoms with E-state index in [-0.39, 0.29) is 6.61 Å². The van der Waals surface area contributed by atoms with Crippen LogP contribution in [0.15, 0.2) is 0 Å². The van der Waals surface area contributed by atoms with E-state index in [9.17, 15) is 8.42 Å². The molecule has 17 heavy (non-hydrogen) atoms. The molecular weight excluding hydrogens is 240 g/mol. The minimum atomic E-state index is -4.26. The molecule has 0 saturated carbocycles. The molecule has 0 amide bonds. The van der Waals surface area contributed by atoms with Crippen LogP contribution in [0.2, 0.25) is 0 Å². The van der Waals surface area contributed by atoms with Crippen molar-refractivity contribution in [1.29, 1.82) is 0 Å². The lowest BCUT2D eigenvalue weighted by atomic mass is 9.99. The molecule has 4 nitrogen and oxygen atoms in total. The third-order valence-corrected chi connectivity index (χ3v) is 3.36. The summed E-state index contributed by atoms with van der Waals surface area (Å²) in [5, 5.41) is 0. The van der Waals surface area contributed by atoms with Crippen molar-refractivity contribution in [2.75, 3.05) is 6.61 Å².